The monoisotopic (exact) mass is 184 g/mol. The van der Waals surface area contributed by atoms with Crippen molar-refractivity contribution in [3.8, 4) is 11.8 Å². The number of para-hydroxylation sites is 1. The molecule has 0 unspecified atom stereocenters. The zero-order chi connectivity index (χ0) is 9.80. The number of hydrogen-bond donors (Lipinski definition) is 1. The molecule has 2 rings (SSSR count). The fourth-order valence-electron chi connectivity index (χ4n) is 1.26. The Hall–Kier alpha value is -2.08. The molecule has 3 heteroatoms. The summed E-state index contributed by atoms with van der Waals surface area (Å²) in [6.07, 6.45) is 2.81. The molecule has 0 radical (unpaired) electrons. The topological polar surface area (TPSA) is 45.8 Å². The van der Waals surface area contributed by atoms with E-state index in [0.717, 1.165) is 22.8 Å². The Bertz CT molecular complexity index is 517. The second-order valence-corrected chi connectivity index (χ2v) is 2.81. The van der Waals surface area contributed by atoms with Gasteiger partial charge in [-0.05, 0) is 6.07 Å². The summed E-state index contributed by atoms with van der Waals surface area (Å²) in [6.45, 7) is 0. The third-order valence-electron chi connectivity index (χ3n) is 1.89. The zero-order valence-corrected chi connectivity index (χ0v) is 7.45. The van der Waals surface area contributed by atoms with Gasteiger partial charge in [0.1, 0.15) is 6.29 Å². The number of nitrogens with one attached hydrogen (secondary N) is 1. The fraction of sp³-hybridized carbons (Fsp3) is 0.0909. The Balaban J connectivity index is 2.47. The molecule has 0 spiro atoms. The Labute approximate surface area is 81.1 Å². The largest absolute Gasteiger partial charge is 0.302 e. The van der Waals surface area contributed by atoms with E-state index in [2.05, 4.69) is 22.0 Å². The van der Waals surface area contributed by atoms with E-state index in [1.807, 2.05) is 18.2 Å². The fourth-order valence-corrected chi connectivity index (χ4v) is 1.26. The summed E-state index contributed by atoms with van der Waals surface area (Å²) >= 11 is 0. The molecule has 0 fully saturated rings. The van der Waals surface area contributed by atoms with E-state index in [1.165, 1.54) is 0 Å². The Morgan fingerprint density at radius 1 is 1.50 bits per heavy atom. The second kappa shape index (κ2) is 3.75. The van der Waals surface area contributed by atoms with E-state index in [9.17, 15) is 4.79 Å². The van der Waals surface area contributed by atoms with Gasteiger partial charge in [-0.15, -0.1) is 0 Å². The first-order chi connectivity index (χ1) is 6.92. The molecule has 68 valence electrons. The first kappa shape index (κ1) is 8.52. The van der Waals surface area contributed by atoms with Crippen LogP contribution in [0.3, 0.4) is 0 Å². The maximum absolute atomic E-state index is 10.1. The highest BCUT2D eigenvalue weighted by molar-refractivity contribution is 5.83. The minimum absolute atomic E-state index is 0.268. The Kier molecular flexibility index (Phi) is 2.28. The molecule has 0 aliphatic carbocycles. The lowest BCUT2D eigenvalue weighted by molar-refractivity contribution is -0.107. The van der Waals surface area contributed by atoms with Crippen LogP contribution in [0.2, 0.25) is 0 Å². The van der Waals surface area contributed by atoms with Crippen LogP contribution in [0.1, 0.15) is 12.0 Å². The predicted octanol–water partition coefficient (Wildman–Crippen LogP) is 1.50. The summed E-state index contributed by atoms with van der Waals surface area (Å²) in [6, 6.07) is 5.78. The minimum atomic E-state index is 0.268. The van der Waals surface area contributed by atoms with Crippen molar-refractivity contribution in [2.75, 3.05) is 0 Å². The smallest absolute Gasteiger partial charge is 0.131 e. The van der Waals surface area contributed by atoms with Gasteiger partial charge < -0.3 is 4.79 Å². The van der Waals surface area contributed by atoms with Crippen LogP contribution >= 0.6 is 0 Å². The summed E-state index contributed by atoms with van der Waals surface area (Å²) in [5.74, 6) is 5.69. The molecule has 14 heavy (non-hydrogen) atoms. The van der Waals surface area contributed by atoms with Gasteiger partial charge in [0, 0.05) is 5.39 Å². The highest BCUT2D eigenvalue weighted by atomic mass is 16.1. The first-order valence-corrected chi connectivity index (χ1v) is 4.26. The average Bonchev–Trinajstić information content (AvgIpc) is 2.67. The van der Waals surface area contributed by atoms with Gasteiger partial charge in [0.2, 0.25) is 0 Å². The van der Waals surface area contributed by atoms with Gasteiger partial charge in [-0.2, -0.15) is 5.10 Å². The van der Waals surface area contributed by atoms with Crippen LogP contribution in [0.4, 0.5) is 0 Å². The summed E-state index contributed by atoms with van der Waals surface area (Å²) < 4.78 is 0. The van der Waals surface area contributed by atoms with Crippen LogP contribution in [-0.4, -0.2) is 16.5 Å². The molecule has 1 N–H and O–H groups in total. The van der Waals surface area contributed by atoms with E-state index >= 15 is 0 Å². The molecule has 0 amide bonds. The van der Waals surface area contributed by atoms with Crippen molar-refractivity contribution in [3.63, 3.8) is 0 Å². The number of carbonyl (C=O) groups excluding carboxylic acids is 1. The molecule has 0 bridgehead atoms. The molecule has 0 aliphatic heterocycles. The van der Waals surface area contributed by atoms with E-state index in [1.54, 1.807) is 6.20 Å². The van der Waals surface area contributed by atoms with Crippen molar-refractivity contribution in [1.29, 1.82) is 0 Å². The number of aldehydes is 1. The first-order valence-electron chi connectivity index (χ1n) is 4.26. The molecule has 0 atom stereocenters. The van der Waals surface area contributed by atoms with Crippen molar-refractivity contribution >= 4 is 17.2 Å². The standard InChI is InChI=1S/C11H8N2O/c14-7-2-1-4-9-5-3-6-10-8-12-13-11(9)10/h3,5-8H,2H2,(H,12,13). The van der Waals surface area contributed by atoms with Gasteiger partial charge in [-0.25, -0.2) is 0 Å². The number of nitrogens with zero attached hydrogens (tertiary/aromatic N) is 1. The van der Waals surface area contributed by atoms with Gasteiger partial charge in [-0.3, -0.25) is 5.10 Å². The van der Waals surface area contributed by atoms with Crippen LogP contribution in [0.5, 0.6) is 0 Å². The van der Waals surface area contributed by atoms with Gasteiger partial charge >= 0.3 is 0 Å². The Morgan fingerprint density at radius 2 is 2.43 bits per heavy atom. The predicted molar refractivity (Wildman–Crippen MR) is 53.7 cm³/mol. The summed E-state index contributed by atoms with van der Waals surface area (Å²) in [4.78, 5) is 10.1. The van der Waals surface area contributed by atoms with Crippen LogP contribution < -0.4 is 0 Å². The van der Waals surface area contributed by atoms with E-state index < -0.39 is 0 Å². The summed E-state index contributed by atoms with van der Waals surface area (Å²) in [5.41, 5.74) is 1.80. The number of benzene rings is 1. The number of fused-ring (bicyclic) bond motifs is 1. The van der Waals surface area contributed by atoms with Crippen molar-refractivity contribution in [1.82, 2.24) is 10.2 Å². The molecule has 1 heterocycles. The maximum Gasteiger partial charge on any atom is 0.131 e. The number of H-pyrrole nitrogens is 1. The highest BCUT2D eigenvalue weighted by Gasteiger charge is 1.98. The van der Waals surface area contributed by atoms with Gasteiger partial charge in [0.15, 0.2) is 0 Å². The molecule has 1 aromatic heterocycles. The molecule has 1 aromatic carbocycles. The lowest BCUT2D eigenvalue weighted by Crippen LogP contribution is -1.78. The van der Waals surface area contributed by atoms with Crippen LogP contribution in [0.25, 0.3) is 10.9 Å². The van der Waals surface area contributed by atoms with E-state index in [-0.39, 0.29) is 6.42 Å². The summed E-state index contributed by atoms with van der Waals surface area (Å²) in [5, 5.41) is 7.83. The third-order valence-corrected chi connectivity index (χ3v) is 1.89. The van der Waals surface area contributed by atoms with Gasteiger partial charge in [0.25, 0.3) is 0 Å². The highest BCUT2D eigenvalue weighted by Crippen LogP contribution is 2.13. The molecule has 0 saturated carbocycles. The lowest BCUT2D eigenvalue weighted by Gasteiger charge is -1.91. The van der Waals surface area contributed by atoms with Crippen molar-refractivity contribution < 1.29 is 4.79 Å². The molecule has 0 aliphatic rings. The van der Waals surface area contributed by atoms with Crippen molar-refractivity contribution in [2.24, 2.45) is 0 Å². The molecule has 2 aromatic rings. The summed E-state index contributed by atoms with van der Waals surface area (Å²) in [7, 11) is 0. The quantitative estimate of drug-likeness (QED) is 0.539. The van der Waals surface area contributed by atoms with Crippen LogP contribution in [0.15, 0.2) is 24.4 Å². The normalized spacial score (nSPS) is 9.43. The van der Waals surface area contributed by atoms with Crippen molar-refractivity contribution in [2.45, 2.75) is 6.42 Å². The SMILES string of the molecule is O=CCC#Cc1cccc2cn[nH]c12. The molecule has 3 nitrogen and oxygen atoms in total. The average molecular weight is 184 g/mol. The number of carbonyl (C=O) groups is 1. The van der Waals surface area contributed by atoms with E-state index in [4.69, 9.17) is 0 Å². The number of hydrogen-bond acceptors (Lipinski definition) is 2. The van der Waals surface area contributed by atoms with Crippen LogP contribution in [0, 0.1) is 11.8 Å². The second-order valence-electron chi connectivity index (χ2n) is 2.81. The van der Waals surface area contributed by atoms with Crippen molar-refractivity contribution in [3.05, 3.63) is 30.0 Å². The number of aromatic amines is 1. The van der Waals surface area contributed by atoms with E-state index in [0.29, 0.717) is 0 Å². The van der Waals surface area contributed by atoms with Gasteiger partial charge in [0.05, 0.1) is 23.7 Å². The van der Waals surface area contributed by atoms with Gasteiger partial charge in [-0.1, -0.05) is 24.0 Å². The Morgan fingerprint density at radius 3 is 3.29 bits per heavy atom. The number of rotatable bonds is 1. The number of aromatic nitrogens is 2. The van der Waals surface area contributed by atoms with Crippen LogP contribution in [-0.2, 0) is 4.79 Å². The molecular formula is C11H8N2O. The zero-order valence-electron chi connectivity index (χ0n) is 7.45. The maximum atomic E-state index is 10.1. The molecule has 0 saturated heterocycles. The minimum Gasteiger partial charge on any atom is -0.302 e. The third kappa shape index (κ3) is 1.50. The lowest BCUT2D eigenvalue weighted by atomic mass is 10.1. The molecular weight excluding hydrogens is 176 g/mol.